The minimum absolute atomic E-state index is 0.160. The Morgan fingerprint density at radius 3 is 2.86 bits per heavy atom. The van der Waals surface area contributed by atoms with Gasteiger partial charge in [-0.3, -0.25) is 0 Å². The van der Waals surface area contributed by atoms with Gasteiger partial charge in [0.15, 0.2) is 0 Å². The molecule has 0 bridgehead atoms. The minimum atomic E-state index is -1.01. The number of thiazole rings is 1. The van der Waals surface area contributed by atoms with Gasteiger partial charge in [0.1, 0.15) is 34.0 Å². The highest BCUT2D eigenvalue weighted by molar-refractivity contribution is 7.14. The first-order valence-corrected chi connectivity index (χ1v) is 6.97. The van der Waals surface area contributed by atoms with Crippen molar-refractivity contribution in [3.8, 4) is 5.69 Å². The second-order valence-corrected chi connectivity index (χ2v) is 5.31. The van der Waals surface area contributed by atoms with E-state index in [9.17, 15) is 9.18 Å². The highest BCUT2D eigenvalue weighted by atomic mass is 32.1. The van der Waals surface area contributed by atoms with E-state index >= 15 is 0 Å². The second kappa shape index (κ2) is 5.86. The number of carbonyl (C=O) groups is 1. The molecular formula is C14H9FN4O2S. The zero-order chi connectivity index (χ0) is 15.5. The number of hydrogen-bond donors (Lipinski definition) is 1. The SMILES string of the molecule is O=C(O)c1cnc(C=Cc2ccc(-n3cncn3)c(F)c2)s1. The smallest absolute Gasteiger partial charge is 0.347 e. The van der Waals surface area contributed by atoms with Crippen LogP contribution in [0.1, 0.15) is 20.2 Å². The molecule has 0 saturated heterocycles. The van der Waals surface area contributed by atoms with E-state index in [2.05, 4.69) is 15.1 Å². The van der Waals surface area contributed by atoms with Gasteiger partial charge in [-0.25, -0.2) is 23.8 Å². The van der Waals surface area contributed by atoms with E-state index in [0.717, 1.165) is 11.3 Å². The molecule has 22 heavy (non-hydrogen) atoms. The number of halogens is 1. The standard InChI is InChI=1S/C14H9FN4O2S/c15-10-5-9(1-3-11(10)19-8-16-7-18-19)2-4-13-17-6-12(22-13)14(20)21/h1-8H,(H,20,21). The van der Waals surface area contributed by atoms with Crippen LogP contribution in [0.3, 0.4) is 0 Å². The molecule has 8 heteroatoms. The zero-order valence-corrected chi connectivity index (χ0v) is 11.9. The summed E-state index contributed by atoms with van der Waals surface area (Å²) in [6.45, 7) is 0. The Bertz CT molecular complexity index is 842. The summed E-state index contributed by atoms with van der Waals surface area (Å²) in [6.07, 6.45) is 7.34. The van der Waals surface area contributed by atoms with Crippen LogP contribution in [-0.2, 0) is 0 Å². The van der Waals surface area contributed by atoms with Gasteiger partial charge in [-0.15, -0.1) is 11.3 Å². The van der Waals surface area contributed by atoms with Crippen molar-refractivity contribution in [2.45, 2.75) is 0 Å². The van der Waals surface area contributed by atoms with Crippen molar-refractivity contribution in [2.75, 3.05) is 0 Å². The largest absolute Gasteiger partial charge is 0.477 e. The van der Waals surface area contributed by atoms with Gasteiger partial charge in [0.05, 0.1) is 6.20 Å². The van der Waals surface area contributed by atoms with E-state index in [1.165, 1.54) is 29.6 Å². The van der Waals surface area contributed by atoms with Crippen LogP contribution in [0.4, 0.5) is 4.39 Å². The molecule has 2 heterocycles. The molecular weight excluding hydrogens is 307 g/mol. The number of nitrogens with zero attached hydrogens (tertiary/aromatic N) is 4. The third-order valence-corrected chi connectivity index (χ3v) is 3.74. The molecule has 0 aliphatic heterocycles. The lowest BCUT2D eigenvalue weighted by atomic mass is 10.2. The van der Waals surface area contributed by atoms with Crippen LogP contribution in [0.25, 0.3) is 17.8 Å². The highest BCUT2D eigenvalue weighted by Gasteiger charge is 2.07. The summed E-state index contributed by atoms with van der Waals surface area (Å²) in [5, 5.41) is 13.2. The normalized spacial score (nSPS) is 11.1. The van der Waals surface area contributed by atoms with Crippen molar-refractivity contribution >= 4 is 29.5 Å². The molecule has 0 radical (unpaired) electrons. The van der Waals surface area contributed by atoms with Crippen LogP contribution in [0, 0.1) is 5.82 Å². The first-order valence-electron chi connectivity index (χ1n) is 6.15. The maximum Gasteiger partial charge on any atom is 0.347 e. The van der Waals surface area contributed by atoms with Gasteiger partial charge in [-0.1, -0.05) is 12.1 Å². The summed E-state index contributed by atoms with van der Waals surface area (Å²) in [6, 6.07) is 4.68. The van der Waals surface area contributed by atoms with Crippen LogP contribution >= 0.6 is 11.3 Å². The van der Waals surface area contributed by atoms with E-state index in [1.807, 2.05) is 0 Å². The first kappa shape index (κ1) is 14.1. The van der Waals surface area contributed by atoms with Gasteiger partial charge in [-0.2, -0.15) is 5.10 Å². The Labute approximate surface area is 128 Å². The lowest BCUT2D eigenvalue weighted by molar-refractivity contribution is 0.0702. The maximum absolute atomic E-state index is 14.0. The Morgan fingerprint density at radius 2 is 2.23 bits per heavy atom. The summed E-state index contributed by atoms with van der Waals surface area (Å²) < 4.78 is 15.4. The van der Waals surface area contributed by atoms with Gasteiger partial charge < -0.3 is 5.11 Å². The molecule has 6 nitrogen and oxygen atoms in total. The van der Waals surface area contributed by atoms with E-state index in [0.29, 0.717) is 16.3 Å². The van der Waals surface area contributed by atoms with Gasteiger partial charge in [-0.05, 0) is 23.8 Å². The Morgan fingerprint density at radius 1 is 1.36 bits per heavy atom. The molecule has 0 fully saturated rings. The predicted molar refractivity (Wildman–Crippen MR) is 79.3 cm³/mol. The highest BCUT2D eigenvalue weighted by Crippen LogP contribution is 2.18. The zero-order valence-electron chi connectivity index (χ0n) is 11.0. The molecule has 1 aromatic carbocycles. The summed E-state index contributed by atoms with van der Waals surface area (Å²) in [5.74, 6) is -1.45. The molecule has 0 unspecified atom stereocenters. The van der Waals surface area contributed by atoms with Crippen molar-refractivity contribution in [1.82, 2.24) is 19.7 Å². The molecule has 2 aromatic heterocycles. The lowest BCUT2D eigenvalue weighted by Gasteiger charge is -2.03. The molecule has 0 aliphatic rings. The van der Waals surface area contributed by atoms with Crippen molar-refractivity contribution in [1.29, 1.82) is 0 Å². The molecule has 0 saturated carbocycles. The monoisotopic (exact) mass is 316 g/mol. The molecule has 0 spiro atoms. The predicted octanol–water partition coefficient (Wildman–Crippen LogP) is 2.73. The number of carboxylic acid groups (broad SMARTS) is 1. The van der Waals surface area contributed by atoms with Crippen LogP contribution in [0.5, 0.6) is 0 Å². The number of hydrogen-bond acceptors (Lipinski definition) is 5. The maximum atomic E-state index is 14.0. The quantitative estimate of drug-likeness (QED) is 0.800. The third kappa shape index (κ3) is 2.91. The molecule has 1 N–H and O–H groups in total. The van der Waals surface area contributed by atoms with Crippen molar-refractivity contribution in [3.63, 3.8) is 0 Å². The Balaban J connectivity index is 1.82. The van der Waals surface area contributed by atoms with E-state index in [-0.39, 0.29) is 4.88 Å². The molecule has 3 rings (SSSR count). The summed E-state index contributed by atoms with van der Waals surface area (Å²) in [4.78, 5) is 18.7. The van der Waals surface area contributed by atoms with Crippen LogP contribution in [0.2, 0.25) is 0 Å². The van der Waals surface area contributed by atoms with Gasteiger partial charge >= 0.3 is 5.97 Å². The third-order valence-electron chi connectivity index (χ3n) is 2.79. The molecule has 0 aliphatic carbocycles. The number of aromatic carboxylic acids is 1. The van der Waals surface area contributed by atoms with E-state index in [1.54, 1.807) is 24.3 Å². The Hall–Kier alpha value is -2.87. The first-order chi connectivity index (χ1) is 10.6. The van der Waals surface area contributed by atoms with Crippen LogP contribution < -0.4 is 0 Å². The van der Waals surface area contributed by atoms with Crippen LogP contribution in [-0.4, -0.2) is 30.8 Å². The summed E-state index contributed by atoms with van der Waals surface area (Å²) in [7, 11) is 0. The summed E-state index contributed by atoms with van der Waals surface area (Å²) >= 11 is 1.05. The second-order valence-electron chi connectivity index (χ2n) is 4.25. The molecule has 3 aromatic rings. The fourth-order valence-electron chi connectivity index (χ4n) is 1.78. The average Bonchev–Trinajstić information content (AvgIpc) is 3.17. The number of rotatable bonds is 4. The number of aromatic nitrogens is 4. The number of carboxylic acids is 1. The van der Waals surface area contributed by atoms with Gasteiger partial charge in [0.25, 0.3) is 0 Å². The molecule has 0 amide bonds. The van der Waals surface area contributed by atoms with E-state index in [4.69, 9.17) is 5.11 Å². The fraction of sp³-hybridized carbons (Fsp3) is 0. The van der Waals surface area contributed by atoms with E-state index < -0.39 is 11.8 Å². The van der Waals surface area contributed by atoms with Crippen molar-refractivity contribution in [3.05, 3.63) is 58.3 Å². The summed E-state index contributed by atoms with van der Waals surface area (Å²) in [5.41, 5.74) is 0.936. The van der Waals surface area contributed by atoms with Crippen molar-refractivity contribution in [2.24, 2.45) is 0 Å². The molecule has 0 atom stereocenters. The van der Waals surface area contributed by atoms with Crippen LogP contribution in [0.15, 0.2) is 37.1 Å². The number of benzene rings is 1. The lowest BCUT2D eigenvalue weighted by Crippen LogP contribution is -1.98. The minimum Gasteiger partial charge on any atom is -0.477 e. The van der Waals surface area contributed by atoms with Gasteiger partial charge in [0, 0.05) is 0 Å². The average molecular weight is 316 g/mol. The van der Waals surface area contributed by atoms with Gasteiger partial charge in [0.2, 0.25) is 0 Å². The topological polar surface area (TPSA) is 80.9 Å². The Kier molecular flexibility index (Phi) is 3.75. The fourth-order valence-corrected chi connectivity index (χ4v) is 2.44. The molecule has 110 valence electrons. The van der Waals surface area contributed by atoms with Crippen molar-refractivity contribution < 1.29 is 14.3 Å².